The van der Waals surface area contributed by atoms with Crippen LogP contribution in [0.4, 0.5) is 4.79 Å². The topological polar surface area (TPSA) is 70.6 Å². The van der Waals surface area contributed by atoms with Crippen LogP contribution in [0, 0.1) is 5.92 Å². The molecule has 1 aliphatic rings. The Labute approximate surface area is 118 Å². The van der Waals surface area contributed by atoms with Gasteiger partial charge in [0.25, 0.3) is 0 Å². The van der Waals surface area contributed by atoms with Gasteiger partial charge < -0.3 is 20.5 Å². The van der Waals surface area contributed by atoms with Crippen molar-refractivity contribution in [2.24, 2.45) is 5.92 Å². The van der Waals surface area contributed by atoms with E-state index in [1.165, 1.54) is 0 Å². The first-order valence-corrected chi connectivity index (χ1v) is 6.09. The Kier molecular flexibility index (Phi) is 6.62. The molecule has 1 saturated heterocycles. The lowest BCUT2D eigenvalue weighted by Gasteiger charge is -2.14. The standard InChI is InChI=1S/C13H18N2O3.ClH/c16-12-8-14-6-11(12)7-15-13(17)18-9-10-4-2-1-3-5-10;/h1-5,11-12,14,16H,6-9H2,(H,15,17);1H/t11-,12+;/m1./s1. The van der Waals surface area contributed by atoms with Crippen LogP contribution in [0.25, 0.3) is 0 Å². The first-order valence-electron chi connectivity index (χ1n) is 6.09. The number of halogens is 1. The van der Waals surface area contributed by atoms with Crippen molar-refractivity contribution in [3.8, 4) is 0 Å². The van der Waals surface area contributed by atoms with Crippen molar-refractivity contribution < 1.29 is 14.6 Å². The van der Waals surface area contributed by atoms with E-state index >= 15 is 0 Å². The molecule has 6 heteroatoms. The van der Waals surface area contributed by atoms with E-state index in [0.29, 0.717) is 13.1 Å². The molecule has 2 rings (SSSR count). The van der Waals surface area contributed by atoms with E-state index in [9.17, 15) is 9.90 Å². The zero-order valence-corrected chi connectivity index (χ0v) is 11.4. The third kappa shape index (κ3) is 5.06. The molecule has 0 aromatic heterocycles. The number of hydrogen-bond acceptors (Lipinski definition) is 4. The normalized spacial score (nSPS) is 21.5. The largest absolute Gasteiger partial charge is 0.445 e. The zero-order valence-electron chi connectivity index (χ0n) is 10.5. The zero-order chi connectivity index (χ0) is 12.8. The van der Waals surface area contributed by atoms with Gasteiger partial charge >= 0.3 is 6.09 Å². The fourth-order valence-electron chi connectivity index (χ4n) is 1.92. The van der Waals surface area contributed by atoms with E-state index in [2.05, 4.69) is 10.6 Å². The van der Waals surface area contributed by atoms with Gasteiger partial charge in [0.1, 0.15) is 6.61 Å². The maximum absolute atomic E-state index is 11.4. The maximum atomic E-state index is 11.4. The summed E-state index contributed by atoms with van der Waals surface area (Å²) >= 11 is 0. The van der Waals surface area contributed by atoms with Crippen LogP contribution in [0.1, 0.15) is 5.56 Å². The summed E-state index contributed by atoms with van der Waals surface area (Å²) in [4.78, 5) is 11.4. The summed E-state index contributed by atoms with van der Waals surface area (Å²) < 4.78 is 5.07. The number of alkyl carbamates (subject to hydrolysis) is 1. The lowest BCUT2D eigenvalue weighted by Crippen LogP contribution is -2.34. The van der Waals surface area contributed by atoms with E-state index in [0.717, 1.165) is 12.1 Å². The predicted molar refractivity (Wildman–Crippen MR) is 74.2 cm³/mol. The highest BCUT2D eigenvalue weighted by molar-refractivity contribution is 5.85. The highest BCUT2D eigenvalue weighted by Crippen LogP contribution is 2.07. The van der Waals surface area contributed by atoms with Gasteiger partial charge in [-0.25, -0.2) is 4.79 Å². The molecule has 0 spiro atoms. The van der Waals surface area contributed by atoms with Crippen molar-refractivity contribution >= 4 is 18.5 Å². The molecular formula is C13H19ClN2O3. The summed E-state index contributed by atoms with van der Waals surface area (Å²) in [6, 6.07) is 9.52. The summed E-state index contributed by atoms with van der Waals surface area (Å²) in [5.41, 5.74) is 0.954. The van der Waals surface area contributed by atoms with E-state index in [1.807, 2.05) is 30.3 Å². The van der Waals surface area contributed by atoms with Gasteiger partial charge in [0.15, 0.2) is 0 Å². The molecule has 3 N–H and O–H groups in total. The Morgan fingerprint density at radius 2 is 2.11 bits per heavy atom. The molecule has 1 aromatic rings. The summed E-state index contributed by atoms with van der Waals surface area (Å²) in [7, 11) is 0. The molecule has 0 aliphatic carbocycles. The van der Waals surface area contributed by atoms with Gasteiger partial charge in [-0.3, -0.25) is 0 Å². The molecule has 19 heavy (non-hydrogen) atoms. The Hall–Kier alpha value is -1.30. The van der Waals surface area contributed by atoms with E-state index in [4.69, 9.17) is 4.74 Å². The molecule has 2 atom stereocenters. The molecule has 0 saturated carbocycles. The molecule has 0 radical (unpaired) electrons. The van der Waals surface area contributed by atoms with Crippen LogP contribution in [0.2, 0.25) is 0 Å². The average Bonchev–Trinajstić information content (AvgIpc) is 2.81. The van der Waals surface area contributed by atoms with Crippen LogP contribution in [0.15, 0.2) is 30.3 Å². The second-order valence-corrected chi connectivity index (χ2v) is 4.43. The number of amides is 1. The van der Waals surface area contributed by atoms with E-state index in [-0.39, 0.29) is 31.0 Å². The molecule has 0 unspecified atom stereocenters. The summed E-state index contributed by atoms with van der Waals surface area (Å²) in [6.45, 7) is 2.01. The monoisotopic (exact) mass is 286 g/mol. The highest BCUT2D eigenvalue weighted by Gasteiger charge is 2.25. The fourth-order valence-corrected chi connectivity index (χ4v) is 1.92. The number of aliphatic hydroxyl groups is 1. The number of aliphatic hydroxyl groups excluding tert-OH is 1. The van der Waals surface area contributed by atoms with Crippen LogP contribution in [0.5, 0.6) is 0 Å². The van der Waals surface area contributed by atoms with Crippen LogP contribution in [0.3, 0.4) is 0 Å². The van der Waals surface area contributed by atoms with Crippen molar-refractivity contribution in [2.45, 2.75) is 12.7 Å². The van der Waals surface area contributed by atoms with Crippen molar-refractivity contribution in [1.29, 1.82) is 0 Å². The minimum absolute atomic E-state index is 0. The number of carbonyl (C=O) groups excluding carboxylic acids is 1. The van der Waals surface area contributed by atoms with E-state index in [1.54, 1.807) is 0 Å². The molecule has 5 nitrogen and oxygen atoms in total. The molecule has 1 aromatic carbocycles. The third-order valence-corrected chi connectivity index (χ3v) is 3.03. The fraction of sp³-hybridized carbons (Fsp3) is 0.462. The Balaban J connectivity index is 0.00000180. The maximum Gasteiger partial charge on any atom is 0.407 e. The van der Waals surface area contributed by atoms with Crippen LogP contribution in [-0.2, 0) is 11.3 Å². The van der Waals surface area contributed by atoms with Crippen molar-refractivity contribution in [3.05, 3.63) is 35.9 Å². The summed E-state index contributed by atoms with van der Waals surface area (Å²) in [5, 5.41) is 15.3. The molecule has 106 valence electrons. The minimum atomic E-state index is -0.446. The lowest BCUT2D eigenvalue weighted by molar-refractivity contribution is 0.125. The van der Waals surface area contributed by atoms with Crippen LogP contribution in [-0.4, -0.2) is 36.9 Å². The van der Waals surface area contributed by atoms with Gasteiger partial charge in [0.2, 0.25) is 0 Å². The molecule has 1 aliphatic heterocycles. The van der Waals surface area contributed by atoms with Gasteiger partial charge in [0, 0.05) is 25.6 Å². The number of carbonyl (C=O) groups is 1. The SMILES string of the molecule is Cl.O=C(NC[C@H]1CNC[C@@H]1O)OCc1ccccc1. The van der Waals surface area contributed by atoms with Gasteiger partial charge in [-0.15, -0.1) is 12.4 Å². The number of nitrogens with one attached hydrogen (secondary N) is 2. The minimum Gasteiger partial charge on any atom is -0.445 e. The lowest BCUT2D eigenvalue weighted by atomic mass is 10.1. The Morgan fingerprint density at radius 1 is 1.37 bits per heavy atom. The van der Waals surface area contributed by atoms with Crippen LogP contribution >= 0.6 is 12.4 Å². The Morgan fingerprint density at radius 3 is 2.74 bits per heavy atom. The van der Waals surface area contributed by atoms with Crippen molar-refractivity contribution in [2.75, 3.05) is 19.6 Å². The van der Waals surface area contributed by atoms with E-state index < -0.39 is 6.09 Å². The molecule has 1 heterocycles. The number of β-amino-alcohol motifs (C(OH)–C–C–N with tert-alkyl or cyclic N) is 1. The van der Waals surface area contributed by atoms with Gasteiger partial charge in [-0.05, 0) is 5.56 Å². The highest BCUT2D eigenvalue weighted by atomic mass is 35.5. The summed E-state index contributed by atoms with van der Waals surface area (Å²) in [6.07, 6.45) is -0.836. The molecule has 0 bridgehead atoms. The second kappa shape index (κ2) is 7.99. The predicted octanol–water partition coefficient (Wildman–Crippen LogP) is 0.915. The number of hydrogen-bond donors (Lipinski definition) is 3. The molecule has 1 fully saturated rings. The number of rotatable bonds is 4. The number of benzene rings is 1. The number of ether oxygens (including phenoxy) is 1. The van der Waals surface area contributed by atoms with Gasteiger partial charge in [-0.2, -0.15) is 0 Å². The summed E-state index contributed by atoms with van der Waals surface area (Å²) in [5.74, 6) is 0.0641. The Bertz CT molecular complexity index is 389. The average molecular weight is 287 g/mol. The second-order valence-electron chi connectivity index (χ2n) is 4.43. The smallest absolute Gasteiger partial charge is 0.407 e. The quantitative estimate of drug-likeness (QED) is 0.770. The van der Waals surface area contributed by atoms with Gasteiger partial charge in [-0.1, -0.05) is 30.3 Å². The third-order valence-electron chi connectivity index (χ3n) is 3.03. The van der Waals surface area contributed by atoms with Crippen LogP contribution < -0.4 is 10.6 Å². The van der Waals surface area contributed by atoms with Crippen molar-refractivity contribution in [3.63, 3.8) is 0 Å². The van der Waals surface area contributed by atoms with Gasteiger partial charge in [0.05, 0.1) is 6.10 Å². The van der Waals surface area contributed by atoms with Crippen molar-refractivity contribution in [1.82, 2.24) is 10.6 Å². The molecular weight excluding hydrogens is 268 g/mol. The first kappa shape index (κ1) is 15.8. The molecule has 1 amide bonds. The first-order chi connectivity index (χ1) is 8.75.